The lowest BCUT2D eigenvalue weighted by atomic mass is 9.64. The quantitative estimate of drug-likeness (QED) is 0.797. The summed E-state index contributed by atoms with van der Waals surface area (Å²) in [5, 5.41) is 30.5. The van der Waals surface area contributed by atoms with Crippen molar-refractivity contribution in [2.75, 3.05) is 0 Å². The minimum Gasteiger partial charge on any atom is -0.481 e. The Bertz CT molecular complexity index is 511. The first kappa shape index (κ1) is 16.0. The standard InChI is InChI=1S/C17H24O4/c1-16(2)12(9-10-17(16,3)15(20)21)14(19)13(18)11-7-5-4-6-8-11/h4-8,12-14,18-19H,9-10H2,1-3H3,(H,20,21)/t12-,13+,14+,17-/m1/s1. The van der Waals surface area contributed by atoms with Gasteiger partial charge in [0.1, 0.15) is 6.10 Å². The van der Waals surface area contributed by atoms with E-state index in [0.29, 0.717) is 18.4 Å². The Hall–Kier alpha value is -1.39. The Balaban J connectivity index is 2.25. The molecular formula is C17H24O4. The van der Waals surface area contributed by atoms with E-state index in [1.807, 2.05) is 32.0 Å². The topological polar surface area (TPSA) is 77.8 Å². The van der Waals surface area contributed by atoms with Gasteiger partial charge in [-0.05, 0) is 36.7 Å². The summed E-state index contributed by atoms with van der Waals surface area (Å²) >= 11 is 0. The Morgan fingerprint density at radius 1 is 1.19 bits per heavy atom. The molecule has 0 amide bonds. The van der Waals surface area contributed by atoms with Crippen LogP contribution in [-0.4, -0.2) is 27.4 Å². The molecule has 1 aromatic rings. The Kier molecular flexibility index (Phi) is 4.13. The zero-order chi connectivity index (χ0) is 15.8. The van der Waals surface area contributed by atoms with Crippen molar-refractivity contribution in [3.8, 4) is 0 Å². The second-order valence-corrected chi connectivity index (χ2v) is 6.85. The van der Waals surface area contributed by atoms with Crippen molar-refractivity contribution in [1.82, 2.24) is 0 Å². The van der Waals surface area contributed by atoms with Gasteiger partial charge < -0.3 is 15.3 Å². The SMILES string of the molecule is CC1(C)[C@@H]([C@H](O)[C@@H](O)c2ccccc2)CC[C@]1(C)C(=O)O. The molecule has 1 fully saturated rings. The van der Waals surface area contributed by atoms with E-state index in [1.54, 1.807) is 19.1 Å². The number of carboxylic acid groups (broad SMARTS) is 1. The monoisotopic (exact) mass is 292 g/mol. The van der Waals surface area contributed by atoms with E-state index in [9.17, 15) is 20.1 Å². The maximum Gasteiger partial charge on any atom is 0.309 e. The van der Waals surface area contributed by atoms with Crippen molar-refractivity contribution < 1.29 is 20.1 Å². The molecule has 21 heavy (non-hydrogen) atoms. The molecule has 1 aliphatic rings. The molecule has 1 aromatic carbocycles. The highest BCUT2D eigenvalue weighted by atomic mass is 16.4. The number of carboxylic acids is 1. The molecular weight excluding hydrogens is 268 g/mol. The van der Waals surface area contributed by atoms with Gasteiger partial charge in [0.25, 0.3) is 0 Å². The van der Waals surface area contributed by atoms with Crippen LogP contribution in [0.3, 0.4) is 0 Å². The average molecular weight is 292 g/mol. The van der Waals surface area contributed by atoms with Gasteiger partial charge in [-0.2, -0.15) is 0 Å². The fourth-order valence-electron chi connectivity index (χ4n) is 3.58. The number of aliphatic hydroxyl groups is 2. The van der Waals surface area contributed by atoms with Crippen LogP contribution in [0.15, 0.2) is 30.3 Å². The van der Waals surface area contributed by atoms with E-state index < -0.39 is 29.0 Å². The summed E-state index contributed by atoms with van der Waals surface area (Å²) in [5.41, 5.74) is -0.812. The van der Waals surface area contributed by atoms with Gasteiger partial charge in [0.15, 0.2) is 0 Å². The first-order valence-electron chi connectivity index (χ1n) is 7.36. The van der Waals surface area contributed by atoms with Gasteiger partial charge in [-0.25, -0.2) is 0 Å². The smallest absolute Gasteiger partial charge is 0.309 e. The van der Waals surface area contributed by atoms with Gasteiger partial charge in [-0.3, -0.25) is 4.79 Å². The van der Waals surface area contributed by atoms with Crippen molar-refractivity contribution in [2.24, 2.45) is 16.7 Å². The molecule has 0 unspecified atom stereocenters. The predicted octanol–water partition coefficient (Wildman–Crippen LogP) is 2.61. The number of hydrogen-bond acceptors (Lipinski definition) is 3. The normalized spacial score (nSPS) is 30.8. The fraction of sp³-hybridized carbons (Fsp3) is 0.588. The van der Waals surface area contributed by atoms with Gasteiger partial charge in [0.05, 0.1) is 11.5 Å². The zero-order valence-electron chi connectivity index (χ0n) is 12.8. The van der Waals surface area contributed by atoms with Crippen LogP contribution < -0.4 is 0 Å². The van der Waals surface area contributed by atoms with Crippen LogP contribution in [0.4, 0.5) is 0 Å². The summed E-state index contributed by atoms with van der Waals surface area (Å²) < 4.78 is 0. The number of carbonyl (C=O) groups is 1. The van der Waals surface area contributed by atoms with E-state index in [0.717, 1.165) is 0 Å². The van der Waals surface area contributed by atoms with Crippen LogP contribution in [-0.2, 0) is 4.79 Å². The van der Waals surface area contributed by atoms with Gasteiger partial charge in [-0.1, -0.05) is 44.2 Å². The lowest BCUT2D eigenvalue weighted by Crippen LogP contribution is -2.45. The number of rotatable bonds is 4. The number of benzene rings is 1. The van der Waals surface area contributed by atoms with E-state index in [1.165, 1.54) is 0 Å². The average Bonchev–Trinajstić information content (AvgIpc) is 2.70. The summed E-state index contributed by atoms with van der Waals surface area (Å²) in [6.07, 6.45) is -0.852. The molecule has 4 nitrogen and oxygen atoms in total. The van der Waals surface area contributed by atoms with Crippen LogP contribution >= 0.6 is 0 Å². The molecule has 4 heteroatoms. The molecule has 2 rings (SSSR count). The van der Waals surface area contributed by atoms with Crippen molar-refractivity contribution in [3.05, 3.63) is 35.9 Å². The minimum atomic E-state index is -0.994. The highest BCUT2D eigenvalue weighted by Crippen LogP contribution is 2.58. The maximum absolute atomic E-state index is 11.6. The number of hydrogen-bond donors (Lipinski definition) is 3. The van der Waals surface area contributed by atoms with Crippen molar-refractivity contribution >= 4 is 5.97 Å². The zero-order valence-corrected chi connectivity index (χ0v) is 12.8. The second kappa shape index (κ2) is 5.43. The molecule has 0 aromatic heterocycles. The second-order valence-electron chi connectivity index (χ2n) is 6.85. The van der Waals surface area contributed by atoms with Crippen LogP contribution in [0.2, 0.25) is 0 Å². The lowest BCUT2D eigenvalue weighted by molar-refractivity contribution is -0.156. The van der Waals surface area contributed by atoms with Gasteiger partial charge in [-0.15, -0.1) is 0 Å². The molecule has 0 spiro atoms. The summed E-state index contributed by atoms with van der Waals surface area (Å²) in [6.45, 7) is 5.48. The molecule has 1 saturated carbocycles. The Morgan fingerprint density at radius 2 is 1.76 bits per heavy atom. The third-order valence-corrected chi connectivity index (χ3v) is 5.65. The van der Waals surface area contributed by atoms with E-state index in [2.05, 4.69) is 0 Å². The third kappa shape index (κ3) is 2.47. The highest BCUT2D eigenvalue weighted by molar-refractivity contribution is 5.75. The number of aliphatic carboxylic acids is 1. The lowest BCUT2D eigenvalue weighted by Gasteiger charge is -2.41. The van der Waals surface area contributed by atoms with Crippen LogP contribution in [0, 0.1) is 16.7 Å². The molecule has 0 aliphatic heterocycles. The molecule has 0 saturated heterocycles. The largest absolute Gasteiger partial charge is 0.481 e. The first-order chi connectivity index (χ1) is 9.72. The first-order valence-corrected chi connectivity index (χ1v) is 7.36. The fourth-order valence-corrected chi connectivity index (χ4v) is 3.58. The maximum atomic E-state index is 11.6. The van der Waals surface area contributed by atoms with Gasteiger partial charge in [0.2, 0.25) is 0 Å². The highest BCUT2D eigenvalue weighted by Gasteiger charge is 2.58. The number of aliphatic hydroxyl groups excluding tert-OH is 2. The van der Waals surface area contributed by atoms with E-state index in [4.69, 9.17) is 0 Å². The molecule has 0 heterocycles. The van der Waals surface area contributed by atoms with Crippen molar-refractivity contribution in [3.63, 3.8) is 0 Å². The van der Waals surface area contributed by atoms with Crippen LogP contribution in [0.5, 0.6) is 0 Å². The molecule has 1 aliphatic carbocycles. The third-order valence-electron chi connectivity index (χ3n) is 5.65. The van der Waals surface area contributed by atoms with Crippen molar-refractivity contribution in [2.45, 2.75) is 45.8 Å². The molecule has 4 atom stereocenters. The Morgan fingerprint density at radius 3 is 2.24 bits per heavy atom. The summed E-state index contributed by atoms with van der Waals surface area (Å²) in [4.78, 5) is 11.6. The van der Waals surface area contributed by atoms with E-state index in [-0.39, 0.29) is 5.92 Å². The van der Waals surface area contributed by atoms with Crippen molar-refractivity contribution in [1.29, 1.82) is 0 Å². The van der Waals surface area contributed by atoms with Gasteiger partial charge in [0, 0.05) is 0 Å². The predicted molar refractivity (Wildman–Crippen MR) is 79.7 cm³/mol. The summed E-state index contributed by atoms with van der Waals surface area (Å²) in [6, 6.07) is 9.01. The minimum absolute atomic E-state index is 0.256. The van der Waals surface area contributed by atoms with Crippen LogP contribution in [0.25, 0.3) is 0 Å². The van der Waals surface area contributed by atoms with Gasteiger partial charge >= 0.3 is 5.97 Å². The summed E-state index contributed by atoms with van der Waals surface area (Å²) in [7, 11) is 0. The summed E-state index contributed by atoms with van der Waals surface area (Å²) in [5.74, 6) is -1.09. The molecule has 116 valence electrons. The molecule has 0 radical (unpaired) electrons. The molecule has 3 N–H and O–H groups in total. The Labute approximate surface area is 125 Å². The van der Waals surface area contributed by atoms with Crippen LogP contribution in [0.1, 0.15) is 45.3 Å². The van der Waals surface area contributed by atoms with E-state index >= 15 is 0 Å². The molecule has 0 bridgehead atoms.